The standard InChI is InChI=1S/C18H18N2O3/c1-2-12-3-5-15(17-14(12)7-8-18(17)9-10-18)23-13-4-6-16(19-11-13)20(21)22/h3-6,11H,2,7-10H2,1H3. The fourth-order valence-corrected chi connectivity index (χ4v) is 3.76. The second-order valence-corrected chi connectivity index (χ2v) is 6.42. The zero-order valence-corrected chi connectivity index (χ0v) is 13.0. The van der Waals surface area contributed by atoms with Crippen LogP contribution in [0.5, 0.6) is 11.5 Å². The topological polar surface area (TPSA) is 65.3 Å². The third kappa shape index (κ3) is 2.27. The van der Waals surface area contributed by atoms with E-state index in [4.69, 9.17) is 4.74 Å². The Labute approximate surface area is 134 Å². The highest BCUT2D eigenvalue weighted by Crippen LogP contribution is 2.60. The van der Waals surface area contributed by atoms with Crippen molar-refractivity contribution in [3.05, 3.63) is 57.3 Å². The van der Waals surface area contributed by atoms with Crippen LogP contribution in [0.25, 0.3) is 0 Å². The zero-order chi connectivity index (χ0) is 16.0. The summed E-state index contributed by atoms with van der Waals surface area (Å²) in [5.74, 6) is 1.27. The van der Waals surface area contributed by atoms with Gasteiger partial charge in [0, 0.05) is 11.6 Å². The number of hydrogen-bond donors (Lipinski definition) is 0. The van der Waals surface area contributed by atoms with E-state index in [1.807, 2.05) is 6.07 Å². The Morgan fingerprint density at radius 2 is 2.09 bits per heavy atom. The Morgan fingerprint density at radius 3 is 2.70 bits per heavy atom. The van der Waals surface area contributed by atoms with Crippen LogP contribution in [0, 0.1) is 10.1 Å². The highest BCUT2D eigenvalue weighted by molar-refractivity contribution is 5.56. The van der Waals surface area contributed by atoms with Gasteiger partial charge in [-0.15, -0.1) is 0 Å². The second-order valence-electron chi connectivity index (χ2n) is 6.42. The average Bonchev–Trinajstić information content (AvgIpc) is 3.23. The van der Waals surface area contributed by atoms with Crippen molar-refractivity contribution in [3.8, 4) is 11.5 Å². The lowest BCUT2D eigenvalue weighted by atomic mass is 9.94. The molecule has 1 saturated carbocycles. The maximum absolute atomic E-state index is 10.7. The molecule has 118 valence electrons. The summed E-state index contributed by atoms with van der Waals surface area (Å²) in [6.45, 7) is 2.19. The van der Waals surface area contributed by atoms with E-state index in [1.165, 1.54) is 48.2 Å². The Kier molecular flexibility index (Phi) is 3.11. The van der Waals surface area contributed by atoms with Gasteiger partial charge in [0.05, 0.1) is 0 Å². The molecule has 0 amide bonds. The Morgan fingerprint density at radius 1 is 1.26 bits per heavy atom. The first kappa shape index (κ1) is 14.2. The first-order chi connectivity index (χ1) is 11.1. The number of aromatic nitrogens is 1. The van der Waals surface area contributed by atoms with Gasteiger partial charge < -0.3 is 14.9 Å². The van der Waals surface area contributed by atoms with Gasteiger partial charge in [-0.3, -0.25) is 0 Å². The Balaban J connectivity index is 1.70. The lowest BCUT2D eigenvalue weighted by Crippen LogP contribution is -2.04. The molecular formula is C18H18N2O3. The third-order valence-electron chi connectivity index (χ3n) is 5.13. The third-order valence-corrected chi connectivity index (χ3v) is 5.13. The number of nitrogens with zero attached hydrogens (tertiary/aromatic N) is 2. The second kappa shape index (κ2) is 5.05. The van der Waals surface area contributed by atoms with Crippen LogP contribution in [0.4, 0.5) is 5.82 Å². The van der Waals surface area contributed by atoms with Crippen molar-refractivity contribution < 1.29 is 9.66 Å². The number of fused-ring (bicyclic) bond motifs is 2. The first-order valence-electron chi connectivity index (χ1n) is 8.06. The van der Waals surface area contributed by atoms with Crippen LogP contribution in [0.2, 0.25) is 0 Å². The molecule has 0 radical (unpaired) electrons. The van der Waals surface area contributed by atoms with Crippen LogP contribution in [0.15, 0.2) is 30.5 Å². The molecule has 0 N–H and O–H groups in total. The highest BCUT2D eigenvalue weighted by atomic mass is 16.6. The van der Waals surface area contributed by atoms with Gasteiger partial charge in [-0.1, -0.05) is 13.0 Å². The SMILES string of the molecule is CCc1ccc(Oc2ccc([N+](=O)[O-])nc2)c2c1CCC21CC1. The molecule has 4 rings (SSSR count). The van der Waals surface area contributed by atoms with E-state index >= 15 is 0 Å². The summed E-state index contributed by atoms with van der Waals surface area (Å²) in [4.78, 5) is 14.0. The lowest BCUT2D eigenvalue weighted by molar-refractivity contribution is -0.389. The van der Waals surface area contributed by atoms with Crippen LogP contribution < -0.4 is 4.74 Å². The number of hydrogen-bond acceptors (Lipinski definition) is 4. The van der Waals surface area contributed by atoms with Crippen LogP contribution in [0.1, 0.15) is 42.9 Å². The number of ether oxygens (including phenoxy) is 1. The van der Waals surface area contributed by atoms with Gasteiger partial charge in [-0.25, -0.2) is 0 Å². The van der Waals surface area contributed by atoms with E-state index in [-0.39, 0.29) is 5.82 Å². The van der Waals surface area contributed by atoms with Crippen molar-refractivity contribution in [3.63, 3.8) is 0 Å². The number of benzene rings is 1. The molecule has 0 bridgehead atoms. The van der Waals surface area contributed by atoms with Gasteiger partial charge in [-0.2, -0.15) is 0 Å². The fourth-order valence-electron chi connectivity index (χ4n) is 3.76. The van der Waals surface area contributed by atoms with Gasteiger partial charge >= 0.3 is 5.82 Å². The maximum Gasteiger partial charge on any atom is 0.363 e. The van der Waals surface area contributed by atoms with E-state index < -0.39 is 4.92 Å². The van der Waals surface area contributed by atoms with Gasteiger partial charge in [0.2, 0.25) is 0 Å². The summed E-state index contributed by atoms with van der Waals surface area (Å²) < 4.78 is 6.05. The molecule has 0 saturated heterocycles. The predicted molar refractivity (Wildman–Crippen MR) is 86.0 cm³/mol. The minimum Gasteiger partial charge on any atom is -0.453 e. The van der Waals surface area contributed by atoms with Gasteiger partial charge in [-0.05, 0) is 70.7 Å². The van der Waals surface area contributed by atoms with E-state index in [9.17, 15) is 10.1 Å². The summed E-state index contributed by atoms with van der Waals surface area (Å²) in [6.07, 6.45) is 7.29. The van der Waals surface area contributed by atoms with Crippen molar-refractivity contribution in [2.45, 2.75) is 44.4 Å². The molecule has 1 fully saturated rings. The van der Waals surface area contributed by atoms with E-state index in [0.717, 1.165) is 18.6 Å². The number of nitro groups is 1. The van der Waals surface area contributed by atoms with Crippen molar-refractivity contribution in [2.75, 3.05) is 0 Å². The molecule has 0 aliphatic heterocycles. The molecular weight excluding hydrogens is 292 g/mol. The smallest absolute Gasteiger partial charge is 0.363 e. The van der Waals surface area contributed by atoms with E-state index in [0.29, 0.717) is 11.2 Å². The minimum atomic E-state index is -0.503. The number of rotatable bonds is 4. The Hall–Kier alpha value is -2.43. The van der Waals surface area contributed by atoms with Crippen molar-refractivity contribution in [1.29, 1.82) is 0 Å². The Bertz CT molecular complexity index is 780. The molecule has 5 heteroatoms. The fraction of sp³-hybridized carbons (Fsp3) is 0.389. The maximum atomic E-state index is 10.7. The summed E-state index contributed by atoms with van der Waals surface area (Å²) in [5, 5.41) is 10.7. The zero-order valence-electron chi connectivity index (χ0n) is 13.0. The minimum absolute atomic E-state index is 0.164. The molecule has 2 aliphatic carbocycles. The summed E-state index contributed by atoms with van der Waals surface area (Å²) in [7, 11) is 0. The lowest BCUT2D eigenvalue weighted by Gasteiger charge is -2.16. The monoisotopic (exact) mass is 310 g/mol. The number of pyridine rings is 1. The first-order valence-corrected chi connectivity index (χ1v) is 8.06. The molecule has 1 heterocycles. The molecule has 1 aromatic carbocycles. The van der Waals surface area contributed by atoms with Crippen molar-refractivity contribution in [1.82, 2.24) is 4.98 Å². The van der Waals surface area contributed by atoms with E-state index in [1.54, 1.807) is 6.07 Å². The van der Waals surface area contributed by atoms with Gasteiger partial charge in [0.1, 0.15) is 5.75 Å². The summed E-state index contributed by atoms with van der Waals surface area (Å²) in [6, 6.07) is 7.18. The molecule has 0 atom stereocenters. The molecule has 2 aliphatic rings. The van der Waals surface area contributed by atoms with Gasteiger partial charge in [0.25, 0.3) is 0 Å². The summed E-state index contributed by atoms with van der Waals surface area (Å²) >= 11 is 0. The molecule has 5 nitrogen and oxygen atoms in total. The van der Waals surface area contributed by atoms with Crippen LogP contribution >= 0.6 is 0 Å². The highest BCUT2D eigenvalue weighted by Gasteiger charge is 2.50. The number of aryl methyl sites for hydroxylation is 1. The largest absolute Gasteiger partial charge is 0.453 e. The van der Waals surface area contributed by atoms with Crippen LogP contribution in [0.3, 0.4) is 0 Å². The molecule has 0 unspecified atom stereocenters. The average molecular weight is 310 g/mol. The quantitative estimate of drug-likeness (QED) is 0.623. The normalized spacial score (nSPS) is 17.1. The van der Waals surface area contributed by atoms with Gasteiger partial charge in [0.15, 0.2) is 11.9 Å². The van der Waals surface area contributed by atoms with Crippen LogP contribution in [-0.2, 0) is 18.3 Å². The predicted octanol–water partition coefficient (Wildman–Crippen LogP) is 4.32. The van der Waals surface area contributed by atoms with Crippen molar-refractivity contribution in [2.24, 2.45) is 0 Å². The van der Waals surface area contributed by atoms with Crippen molar-refractivity contribution >= 4 is 5.82 Å². The van der Waals surface area contributed by atoms with Crippen LogP contribution in [-0.4, -0.2) is 9.91 Å². The molecule has 2 aromatic rings. The molecule has 23 heavy (non-hydrogen) atoms. The molecule has 1 aromatic heterocycles. The van der Waals surface area contributed by atoms with E-state index in [2.05, 4.69) is 18.0 Å². The molecule has 1 spiro atoms. The summed E-state index contributed by atoms with van der Waals surface area (Å²) in [5.41, 5.74) is 4.56.